The number of carbonyl (C=O) groups is 3. The Hall–Kier alpha value is -3.86. The molecule has 0 radical (unpaired) electrons. The summed E-state index contributed by atoms with van der Waals surface area (Å²) in [4.78, 5) is 41.2. The third kappa shape index (κ3) is 7.38. The minimum absolute atomic E-state index is 0.0342. The quantitative estimate of drug-likeness (QED) is 0.532. The van der Waals surface area contributed by atoms with Crippen molar-refractivity contribution in [2.45, 2.75) is 70.4 Å². The lowest BCUT2D eigenvalue weighted by molar-refractivity contribution is -0.141. The number of carbonyl (C=O) groups excluding carboxylic acids is 3. The first-order valence-electron chi connectivity index (χ1n) is 13.8. The average molecular weight is 531 g/mol. The summed E-state index contributed by atoms with van der Waals surface area (Å²) in [6.07, 6.45) is 3.44. The minimum Gasteiger partial charge on any atom is -0.444 e. The first-order valence-corrected chi connectivity index (χ1v) is 13.8. The highest BCUT2D eigenvalue weighted by molar-refractivity contribution is 5.98. The molecule has 2 N–H and O–H groups in total. The van der Waals surface area contributed by atoms with Crippen LogP contribution >= 0.6 is 0 Å². The zero-order valence-corrected chi connectivity index (χ0v) is 23.0. The van der Waals surface area contributed by atoms with Gasteiger partial charge in [-0.15, -0.1) is 0 Å². The van der Waals surface area contributed by atoms with E-state index >= 15 is 0 Å². The molecule has 39 heavy (non-hydrogen) atoms. The molecule has 8 nitrogen and oxygen atoms in total. The van der Waals surface area contributed by atoms with E-state index in [2.05, 4.69) is 16.7 Å². The predicted octanol–water partition coefficient (Wildman–Crippen LogP) is 5.21. The summed E-state index contributed by atoms with van der Waals surface area (Å²) in [5.41, 5.74) is 1.63. The van der Waals surface area contributed by atoms with Crippen molar-refractivity contribution in [2.24, 2.45) is 11.8 Å². The van der Waals surface area contributed by atoms with Crippen LogP contribution in [0.1, 0.15) is 69.9 Å². The van der Waals surface area contributed by atoms with E-state index in [1.165, 1.54) is 0 Å². The highest BCUT2D eigenvalue weighted by atomic mass is 16.6. The van der Waals surface area contributed by atoms with Crippen LogP contribution in [0.2, 0.25) is 0 Å². The molecule has 206 valence electrons. The van der Waals surface area contributed by atoms with E-state index in [0.29, 0.717) is 30.3 Å². The van der Waals surface area contributed by atoms with Gasteiger partial charge in [0.25, 0.3) is 0 Å². The molecule has 3 amide bonds. The molecule has 8 heteroatoms. The molecule has 2 fully saturated rings. The zero-order valence-electron chi connectivity index (χ0n) is 23.0. The number of rotatable bonds is 6. The van der Waals surface area contributed by atoms with Crippen molar-refractivity contribution in [3.05, 3.63) is 65.7 Å². The maximum Gasteiger partial charge on any atom is 0.407 e. The van der Waals surface area contributed by atoms with Gasteiger partial charge in [0.05, 0.1) is 11.6 Å². The van der Waals surface area contributed by atoms with Crippen LogP contribution in [0.5, 0.6) is 0 Å². The van der Waals surface area contributed by atoms with E-state index in [9.17, 15) is 14.4 Å². The van der Waals surface area contributed by atoms with E-state index in [1.807, 2.05) is 51.1 Å². The highest BCUT2D eigenvalue weighted by Gasteiger charge is 2.44. The first-order chi connectivity index (χ1) is 18.6. The molecule has 0 spiro atoms. The van der Waals surface area contributed by atoms with Crippen LogP contribution in [0.4, 0.5) is 10.5 Å². The predicted molar refractivity (Wildman–Crippen MR) is 149 cm³/mol. The van der Waals surface area contributed by atoms with Gasteiger partial charge in [-0.05, 0) is 88.6 Å². The smallest absolute Gasteiger partial charge is 0.407 e. The average Bonchev–Trinajstić information content (AvgIpc) is 3.37. The van der Waals surface area contributed by atoms with E-state index in [1.54, 1.807) is 29.2 Å². The number of nitrogens with one attached hydrogen (secondary N) is 2. The fraction of sp³-hybridized carbons (Fsp3) is 0.484. The fourth-order valence-corrected chi connectivity index (χ4v) is 5.65. The highest BCUT2D eigenvalue weighted by Crippen LogP contribution is 2.38. The second-order valence-corrected chi connectivity index (χ2v) is 11.6. The molecule has 2 aromatic carbocycles. The molecular weight excluding hydrogens is 492 g/mol. The number of anilines is 1. The van der Waals surface area contributed by atoms with Crippen molar-refractivity contribution in [1.29, 1.82) is 5.26 Å². The third-order valence-electron chi connectivity index (χ3n) is 7.59. The molecule has 2 aliphatic rings. The van der Waals surface area contributed by atoms with Gasteiger partial charge >= 0.3 is 6.09 Å². The maximum absolute atomic E-state index is 13.8. The van der Waals surface area contributed by atoms with Crippen molar-refractivity contribution in [1.82, 2.24) is 10.2 Å². The molecule has 0 bridgehead atoms. The van der Waals surface area contributed by atoms with Gasteiger partial charge in [-0.2, -0.15) is 5.26 Å². The second kappa shape index (κ2) is 12.3. The largest absolute Gasteiger partial charge is 0.444 e. The van der Waals surface area contributed by atoms with Crippen LogP contribution in [-0.2, 0) is 14.3 Å². The molecule has 1 saturated heterocycles. The van der Waals surface area contributed by atoms with Crippen molar-refractivity contribution >= 4 is 23.6 Å². The van der Waals surface area contributed by atoms with Crippen LogP contribution in [-0.4, -0.2) is 47.5 Å². The SMILES string of the molecule is CC(C)(C)OC(=O)NCC1CCC(C(=O)N2CC[C@H](c3ccccc3)[C@@H]2C(=O)Nc2ccc(C#N)cc2)CC1. The number of nitrogens with zero attached hydrogens (tertiary/aromatic N) is 2. The van der Waals surface area contributed by atoms with Gasteiger partial charge in [-0.1, -0.05) is 30.3 Å². The Labute approximate surface area is 230 Å². The van der Waals surface area contributed by atoms with Gasteiger partial charge in [0.1, 0.15) is 11.6 Å². The lowest BCUT2D eigenvalue weighted by Gasteiger charge is -2.34. The lowest BCUT2D eigenvalue weighted by Crippen LogP contribution is -2.48. The Kier molecular flexibility index (Phi) is 8.90. The molecule has 1 aliphatic carbocycles. The number of hydrogen-bond donors (Lipinski definition) is 2. The molecule has 1 aliphatic heterocycles. The Morgan fingerprint density at radius 3 is 2.26 bits per heavy atom. The van der Waals surface area contributed by atoms with Gasteiger partial charge < -0.3 is 20.3 Å². The molecular formula is C31H38N4O4. The van der Waals surface area contributed by atoms with Crippen molar-refractivity contribution < 1.29 is 19.1 Å². The third-order valence-corrected chi connectivity index (χ3v) is 7.59. The lowest BCUT2D eigenvalue weighted by atomic mass is 9.81. The van der Waals surface area contributed by atoms with Crippen LogP contribution in [0.15, 0.2) is 54.6 Å². The number of hydrogen-bond acceptors (Lipinski definition) is 5. The van der Waals surface area contributed by atoms with Crippen LogP contribution in [0.3, 0.4) is 0 Å². The van der Waals surface area contributed by atoms with E-state index in [-0.39, 0.29) is 23.7 Å². The monoisotopic (exact) mass is 530 g/mol. The van der Waals surface area contributed by atoms with Crippen LogP contribution in [0.25, 0.3) is 0 Å². The molecule has 2 aromatic rings. The topological polar surface area (TPSA) is 112 Å². The van der Waals surface area contributed by atoms with Crippen LogP contribution < -0.4 is 10.6 Å². The standard InChI is InChI=1S/C31H38N4O4/c1-31(2,3)39-30(38)33-20-22-9-13-24(14-10-22)29(37)35-18-17-26(23-7-5-4-6-8-23)27(35)28(36)34-25-15-11-21(19-32)12-16-25/h4-8,11-12,15-16,22,24,26-27H,9-10,13-14,17-18,20H2,1-3H3,(H,33,38)(H,34,36)/t22?,24?,26-,27-/m1/s1. The molecule has 1 saturated carbocycles. The molecule has 0 unspecified atom stereocenters. The maximum atomic E-state index is 13.8. The normalized spacial score (nSPS) is 23.0. The number of alkyl carbamates (subject to hydrolysis) is 1. The summed E-state index contributed by atoms with van der Waals surface area (Å²) < 4.78 is 5.33. The number of benzene rings is 2. The van der Waals surface area contributed by atoms with Gasteiger partial charge in [-0.25, -0.2) is 4.79 Å². The Morgan fingerprint density at radius 1 is 0.974 bits per heavy atom. The van der Waals surface area contributed by atoms with E-state index < -0.39 is 17.7 Å². The van der Waals surface area contributed by atoms with Crippen molar-refractivity contribution in [2.75, 3.05) is 18.4 Å². The summed E-state index contributed by atoms with van der Waals surface area (Å²) in [6, 6.07) is 18.1. The van der Waals surface area contributed by atoms with Gasteiger partial charge in [-0.3, -0.25) is 9.59 Å². The minimum atomic E-state index is -0.609. The molecule has 4 rings (SSSR count). The zero-order chi connectivity index (χ0) is 28.0. The Bertz CT molecular complexity index is 1190. The molecule has 2 atom stereocenters. The van der Waals surface area contributed by atoms with E-state index in [0.717, 1.165) is 37.7 Å². The number of amides is 3. The molecule has 1 heterocycles. The summed E-state index contributed by atoms with van der Waals surface area (Å²) in [5.74, 6) is -0.111. The molecule has 0 aromatic heterocycles. The van der Waals surface area contributed by atoms with Crippen LogP contribution in [0, 0.1) is 23.2 Å². The summed E-state index contributed by atoms with van der Waals surface area (Å²) in [5, 5.41) is 14.9. The summed E-state index contributed by atoms with van der Waals surface area (Å²) >= 11 is 0. The number of nitriles is 1. The summed E-state index contributed by atoms with van der Waals surface area (Å²) in [7, 11) is 0. The van der Waals surface area contributed by atoms with Gasteiger partial charge in [0.15, 0.2) is 0 Å². The van der Waals surface area contributed by atoms with Crippen molar-refractivity contribution in [3.63, 3.8) is 0 Å². The van der Waals surface area contributed by atoms with Gasteiger partial charge in [0, 0.05) is 30.6 Å². The summed E-state index contributed by atoms with van der Waals surface area (Å²) in [6.45, 7) is 6.57. The Morgan fingerprint density at radius 2 is 1.64 bits per heavy atom. The Balaban J connectivity index is 1.41. The fourth-order valence-electron chi connectivity index (χ4n) is 5.65. The number of ether oxygens (including phenoxy) is 1. The van der Waals surface area contributed by atoms with Crippen molar-refractivity contribution in [3.8, 4) is 6.07 Å². The first kappa shape index (κ1) is 28.2. The van der Waals surface area contributed by atoms with Gasteiger partial charge in [0.2, 0.25) is 11.8 Å². The number of likely N-dealkylation sites (tertiary alicyclic amines) is 1. The second-order valence-electron chi connectivity index (χ2n) is 11.6. The van der Waals surface area contributed by atoms with E-state index in [4.69, 9.17) is 10.00 Å².